The van der Waals surface area contributed by atoms with Crippen LogP contribution in [-0.2, 0) is 12.8 Å². The number of nitrogens with two attached hydrogens (primary N) is 1. The molecule has 0 saturated heterocycles. The molecule has 230 valence electrons. The molecule has 0 radical (unpaired) electrons. The summed E-state index contributed by atoms with van der Waals surface area (Å²) in [6.07, 6.45) is 9.62. The zero-order valence-electron chi connectivity index (χ0n) is 26.7. The minimum Gasteiger partial charge on any atom is -0.398 e. The lowest BCUT2D eigenvalue weighted by Gasteiger charge is -2.17. The van der Waals surface area contributed by atoms with Crippen molar-refractivity contribution < 1.29 is 0 Å². The Bertz CT molecular complexity index is 2490. The van der Waals surface area contributed by atoms with E-state index < -0.39 is 0 Å². The van der Waals surface area contributed by atoms with E-state index in [0.717, 1.165) is 41.0 Å². The molecule has 2 N–H and O–H groups in total. The molecule has 0 fully saturated rings. The number of rotatable bonds is 6. The molecular formula is C45H35N3. The van der Waals surface area contributed by atoms with Gasteiger partial charge in [0.25, 0.3) is 0 Å². The molecule has 0 aliphatic heterocycles. The van der Waals surface area contributed by atoms with Gasteiger partial charge in [0.1, 0.15) is 0 Å². The van der Waals surface area contributed by atoms with Gasteiger partial charge in [-0.05, 0) is 95.6 Å². The Morgan fingerprint density at radius 1 is 0.583 bits per heavy atom. The van der Waals surface area contributed by atoms with E-state index in [4.69, 9.17) is 5.73 Å². The van der Waals surface area contributed by atoms with Crippen LogP contribution >= 0.6 is 0 Å². The van der Waals surface area contributed by atoms with Crippen LogP contribution in [0.1, 0.15) is 28.8 Å². The molecule has 48 heavy (non-hydrogen) atoms. The molecule has 0 amide bonds. The number of hydrogen-bond acceptors (Lipinski definition) is 1. The number of allylic oxidation sites excluding steroid dienone is 2. The van der Waals surface area contributed by atoms with Gasteiger partial charge in [-0.1, -0.05) is 115 Å². The highest BCUT2D eigenvalue weighted by Crippen LogP contribution is 2.37. The Hall–Kier alpha value is -6.06. The first-order valence-electron chi connectivity index (χ1n) is 16.8. The topological polar surface area (TPSA) is 35.9 Å². The first-order chi connectivity index (χ1) is 23.7. The van der Waals surface area contributed by atoms with E-state index in [0.29, 0.717) is 6.42 Å². The molecule has 0 spiro atoms. The third-order valence-corrected chi connectivity index (χ3v) is 9.78. The van der Waals surface area contributed by atoms with Gasteiger partial charge in [-0.2, -0.15) is 0 Å². The lowest BCUT2D eigenvalue weighted by Crippen LogP contribution is -2.04. The second-order valence-electron chi connectivity index (χ2n) is 12.7. The predicted molar refractivity (Wildman–Crippen MR) is 203 cm³/mol. The van der Waals surface area contributed by atoms with E-state index in [9.17, 15) is 0 Å². The summed E-state index contributed by atoms with van der Waals surface area (Å²) in [5.74, 6) is 0. The highest BCUT2D eigenvalue weighted by atomic mass is 15.0. The van der Waals surface area contributed by atoms with Crippen LogP contribution in [0, 0.1) is 0 Å². The van der Waals surface area contributed by atoms with E-state index in [-0.39, 0.29) is 0 Å². The fourth-order valence-corrected chi connectivity index (χ4v) is 7.55. The number of nitrogens with zero attached hydrogens (tertiary/aromatic N) is 2. The zero-order valence-corrected chi connectivity index (χ0v) is 26.7. The fourth-order valence-electron chi connectivity index (χ4n) is 7.55. The molecule has 3 heteroatoms. The van der Waals surface area contributed by atoms with Crippen LogP contribution in [0.25, 0.3) is 67.0 Å². The Kier molecular flexibility index (Phi) is 6.83. The van der Waals surface area contributed by atoms with Gasteiger partial charge in [0.05, 0.1) is 16.6 Å². The Balaban J connectivity index is 1.22. The molecule has 0 bridgehead atoms. The van der Waals surface area contributed by atoms with E-state index in [1.54, 1.807) is 0 Å². The van der Waals surface area contributed by atoms with Gasteiger partial charge < -0.3 is 14.9 Å². The van der Waals surface area contributed by atoms with Gasteiger partial charge in [-0.3, -0.25) is 0 Å². The minimum atomic E-state index is 0.705. The SMILES string of the molecule is N/C(=C\Cc1cc(-n2c3c(c4ccccc42)CCC=C3)cc(-n2c3ccccc3c3ccccc32)c1)c1cccc(-c2ccccc2)c1. The molecule has 0 atom stereocenters. The lowest BCUT2D eigenvalue weighted by atomic mass is 10.0. The van der Waals surface area contributed by atoms with Crippen molar-refractivity contribution in [1.29, 1.82) is 0 Å². The third-order valence-electron chi connectivity index (χ3n) is 9.78. The van der Waals surface area contributed by atoms with Gasteiger partial charge in [0, 0.05) is 38.9 Å². The van der Waals surface area contributed by atoms with Gasteiger partial charge in [0.15, 0.2) is 0 Å². The summed E-state index contributed by atoms with van der Waals surface area (Å²) in [6.45, 7) is 0. The third kappa shape index (κ3) is 4.75. The molecule has 2 heterocycles. The van der Waals surface area contributed by atoms with Crippen molar-refractivity contribution >= 4 is 44.5 Å². The summed E-state index contributed by atoms with van der Waals surface area (Å²) < 4.78 is 4.87. The molecular weight excluding hydrogens is 583 g/mol. The summed E-state index contributed by atoms with van der Waals surface area (Å²) in [5.41, 5.74) is 20.8. The quantitative estimate of drug-likeness (QED) is 0.198. The number of benzene rings is 6. The smallest absolute Gasteiger partial charge is 0.0541 e. The second-order valence-corrected chi connectivity index (χ2v) is 12.7. The van der Waals surface area contributed by atoms with Gasteiger partial charge >= 0.3 is 0 Å². The van der Waals surface area contributed by atoms with Crippen molar-refractivity contribution in [3.05, 3.63) is 180 Å². The van der Waals surface area contributed by atoms with Gasteiger partial charge in [0.2, 0.25) is 0 Å². The molecule has 3 nitrogen and oxygen atoms in total. The highest BCUT2D eigenvalue weighted by molar-refractivity contribution is 6.09. The number of aromatic nitrogens is 2. The maximum Gasteiger partial charge on any atom is 0.0541 e. The van der Waals surface area contributed by atoms with Crippen molar-refractivity contribution in [2.45, 2.75) is 19.3 Å². The van der Waals surface area contributed by atoms with E-state index in [2.05, 4.69) is 167 Å². The average Bonchev–Trinajstić information content (AvgIpc) is 3.67. The summed E-state index contributed by atoms with van der Waals surface area (Å²) in [5, 5.41) is 3.85. The van der Waals surface area contributed by atoms with Crippen LogP contribution < -0.4 is 5.73 Å². The van der Waals surface area contributed by atoms with Crippen LogP contribution in [0.2, 0.25) is 0 Å². The van der Waals surface area contributed by atoms with Gasteiger partial charge in [-0.15, -0.1) is 0 Å². The fraction of sp³-hybridized carbons (Fsp3) is 0.0667. The first-order valence-corrected chi connectivity index (χ1v) is 16.8. The van der Waals surface area contributed by atoms with E-state index >= 15 is 0 Å². The Morgan fingerprint density at radius 2 is 1.19 bits per heavy atom. The minimum absolute atomic E-state index is 0.705. The van der Waals surface area contributed by atoms with Crippen molar-refractivity contribution in [2.24, 2.45) is 5.73 Å². The summed E-state index contributed by atoms with van der Waals surface area (Å²) >= 11 is 0. The van der Waals surface area contributed by atoms with E-state index in [1.165, 1.54) is 55.1 Å². The summed E-state index contributed by atoms with van der Waals surface area (Å²) in [4.78, 5) is 0. The monoisotopic (exact) mass is 617 g/mol. The molecule has 1 aliphatic carbocycles. The maximum atomic E-state index is 6.81. The average molecular weight is 618 g/mol. The summed E-state index contributed by atoms with van der Waals surface area (Å²) in [6, 6.07) is 52.3. The maximum absolute atomic E-state index is 6.81. The van der Waals surface area contributed by atoms with Crippen LogP contribution in [-0.4, -0.2) is 9.13 Å². The van der Waals surface area contributed by atoms with E-state index in [1.807, 2.05) is 6.07 Å². The van der Waals surface area contributed by atoms with Crippen molar-refractivity contribution in [2.75, 3.05) is 0 Å². The Labute approximate surface area is 280 Å². The van der Waals surface area contributed by atoms with Crippen molar-refractivity contribution in [1.82, 2.24) is 9.13 Å². The highest BCUT2D eigenvalue weighted by Gasteiger charge is 2.20. The van der Waals surface area contributed by atoms with Crippen LogP contribution in [0.15, 0.2) is 158 Å². The molecule has 2 aromatic heterocycles. The number of para-hydroxylation sites is 3. The van der Waals surface area contributed by atoms with Crippen LogP contribution in [0.5, 0.6) is 0 Å². The lowest BCUT2D eigenvalue weighted by molar-refractivity contribution is 0.965. The molecule has 0 unspecified atom stereocenters. The molecule has 6 aromatic carbocycles. The van der Waals surface area contributed by atoms with Crippen molar-refractivity contribution in [3.63, 3.8) is 0 Å². The van der Waals surface area contributed by atoms with Crippen LogP contribution in [0.4, 0.5) is 0 Å². The standard InChI is InChI=1S/C45H35N3/c46-41(34-16-12-15-33(29-34)32-13-2-1-3-14-32)26-25-31-27-35(47-42-21-8-4-17-37(42)38-18-5-9-22-43(38)47)30-36(28-31)48-44-23-10-6-19-39(44)40-20-7-11-24-45(40)48/h1-6,8-19,21-24,26-30H,7,20,25,46H2/b41-26-. The Morgan fingerprint density at radius 3 is 1.92 bits per heavy atom. The first kappa shape index (κ1) is 28.2. The molecule has 8 aromatic rings. The second kappa shape index (κ2) is 11.6. The molecule has 0 saturated carbocycles. The van der Waals surface area contributed by atoms with Crippen molar-refractivity contribution in [3.8, 4) is 22.5 Å². The molecule has 1 aliphatic rings. The number of hydrogen-bond donors (Lipinski definition) is 1. The normalized spacial score (nSPS) is 13.0. The number of fused-ring (bicyclic) bond motifs is 6. The summed E-state index contributed by atoms with van der Waals surface area (Å²) in [7, 11) is 0. The predicted octanol–water partition coefficient (Wildman–Crippen LogP) is 10.9. The number of aryl methyl sites for hydroxylation is 1. The largest absolute Gasteiger partial charge is 0.398 e. The molecule has 9 rings (SSSR count). The van der Waals surface area contributed by atoms with Crippen LogP contribution in [0.3, 0.4) is 0 Å². The van der Waals surface area contributed by atoms with Gasteiger partial charge in [-0.25, -0.2) is 0 Å². The zero-order chi connectivity index (χ0) is 32.0.